The predicted molar refractivity (Wildman–Crippen MR) is 92.6 cm³/mol. The maximum absolute atomic E-state index is 12.6. The highest BCUT2D eigenvalue weighted by Gasteiger charge is 2.14. The van der Waals surface area contributed by atoms with E-state index in [0.29, 0.717) is 21.6 Å². The lowest BCUT2D eigenvalue weighted by Crippen LogP contribution is -2.07. The van der Waals surface area contributed by atoms with Crippen LogP contribution < -0.4 is 11.2 Å². The molecule has 0 radical (unpaired) electrons. The van der Waals surface area contributed by atoms with Crippen molar-refractivity contribution >= 4 is 39.5 Å². The van der Waals surface area contributed by atoms with Crippen LogP contribution in [0.2, 0.25) is 5.02 Å². The van der Waals surface area contributed by atoms with Gasteiger partial charge in [-0.2, -0.15) is 0 Å². The maximum Gasteiger partial charge on any atom is 0.220 e. The van der Waals surface area contributed by atoms with Crippen molar-refractivity contribution in [3.63, 3.8) is 0 Å². The molecular weight excluding hydrogens is 312 g/mol. The number of rotatable bonds is 1. The zero-order chi connectivity index (χ0) is 16.0. The third kappa shape index (κ3) is 2.15. The Morgan fingerprint density at radius 2 is 1.78 bits per heavy atom. The Balaban J connectivity index is 2.11. The molecule has 0 fully saturated rings. The van der Waals surface area contributed by atoms with Gasteiger partial charge in [-0.1, -0.05) is 48.0 Å². The lowest BCUT2D eigenvalue weighted by molar-refractivity contribution is 0.658. The quantitative estimate of drug-likeness (QED) is 0.532. The topological polar surface area (TPSA) is 69.1 Å². The SMILES string of the molecule is Nc1nc2c(=O)c3c(Cl)cccc3oc2cc1-c1ccccc1. The highest BCUT2D eigenvalue weighted by atomic mass is 35.5. The summed E-state index contributed by atoms with van der Waals surface area (Å²) < 4.78 is 5.82. The molecule has 4 rings (SSSR count). The molecule has 2 heterocycles. The van der Waals surface area contributed by atoms with Crippen LogP contribution in [0.4, 0.5) is 5.82 Å². The van der Waals surface area contributed by atoms with Gasteiger partial charge in [-0.05, 0) is 23.8 Å². The van der Waals surface area contributed by atoms with E-state index in [9.17, 15) is 4.79 Å². The third-order valence-electron chi connectivity index (χ3n) is 3.74. The molecule has 0 unspecified atom stereocenters. The van der Waals surface area contributed by atoms with Crippen LogP contribution in [0.5, 0.6) is 0 Å². The van der Waals surface area contributed by atoms with Gasteiger partial charge in [0, 0.05) is 5.56 Å². The highest BCUT2D eigenvalue weighted by Crippen LogP contribution is 2.30. The number of aromatic nitrogens is 1. The average molecular weight is 323 g/mol. The van der Waals surface area contributed by atoms with Crippen molar-refractivity contribution in [2.45, 2.75) is 0 Å². The van der Waals surface area contributed by atoms with Gasteiger partial charge in [-0.25, -0.2) is 4.98 Å². The molecule has 0 atom stereocenters. The van der Waals surface area contributed by atoms with Crippen molar-refractivity contribution in [1.82, 2.24) is 4.98 Å². The van der Waals surface area contributed by atoms with Crippen LogP contribution in [0.15, 0.2) is 63.8 Å². The molecule has 23 heavy (non-hydrogen) atoms. The Morgan fingerprint density at radius 1 is 1.00 bits per heavy atom. The number of halogens is 1. The number of fused-ring (bicyclic) bond motifs is 2. The van der Waals surface area contributed by atoms with Gasteiger partial charge in [0.1, 0.15) is 11.4 Å². The molecule has 0 aliphatic rings. The van der Waals surface area contributed by atoms with E-state index in [-0.39, 0.29) is 16.8 Å². The second-order valence-electron chi connectivity index (χ2n) is 5.18. The van der Waals surface area contributed by atoms with Crippen molar-refractivity contribution in [1.29, 1.82) is 0 Å². The summed E-state index contributed by atoms with van der Waals surface area (Å²) >= 11 is 6.11. The number of pyridine rings is 1. The number of hydrogen-bond acceptors (Lipinski definition) is 4. The summed E-state index contributed by atoms with van der Waals surface area (Å²) in [5, 5.41) is 0.659. The minimum Gasteiger partial charge on any atom is -0.454 e. The Hall–Kier alpha value is -2.85. The van der Waals surface area contributed by atoms with Gasteiger partial charge in [0.05, 0.1) is 10.4 Å². The standard InChI is InChI=1S/C18H11ClN2O2/c19-12-7-4-8-13-15(12)17(22)16-14(23-13)9-11(18(20)21-16)10-5-2-1-3-6-10/h1-9H,(H2,20,21). The summed E-state index contributed by atoms with van der Waals surface area (Å²) in [7, 11) is 0. The number of nitrogen functional groups attached to an aromatic ring is 1. The normalized spacial score (nSPS) is 11.2. The average Bonchev–Trinajstić information content (AvgIpc) is 2.56. The fraction of sp³-hybridized carbons (Fsp3) is 0. The van der Waals surface area contributed by atoms with E-state index in [4.69, 9.17) is 21.8 Å². The summed E-state index contributed by atoms with van der Waals surface area (Å²) in [4.78, 5) is 16.9. The molecule has 0 saturated heterocycles. The first kappa shape index (κ1) is 13.8. The van der Waals surface area contributed by atoms with Crippen LogP contribution in [-0.2, 0) is 0 Å². The third-order valence-corrected chi connectivity index (χ3v) is 4.05. The Morgan fingerprint density at radius 3 is 2.57 bits per heavy atom. The number of benzene rings is 2. The smallest absolute Gasteiger partial charge is 0.220 e. The second kappa shape index (κ2) is 5.11. The molecule has 5 heteroatoms. The van der Waals surface area contributed by atoms with Gasteiger partial charge in [0.15, 0.2) is 11.1 Å². The van der Waals surface area contributed by atoms with Crippen LogP contribution in [0, 0.1) is 0 Å². The number of anilines is 1. The van der Waals surface area contributed by atoms with Gasteiger partial charge in [-0.3, -0.25) is 4.79 Å². The first-order valence-electron chi connectivity index (χ1n) is 7.02. The Kier molecular flexibility index (Phi) is 3.06. The van der Waals surface area contributed by atoms with E-state index in [1.165, 1.54) is 0 Å². The Bertz CT molecular complexity index is 1100. The first-order valence-corrected chi connectivity index (χ1v) is 7.40. The second-order valence-corrected chi connectivity index (χ2v) is 5.59. The maximum atomic E-state index is 12.6. The zero-order valence-electron chi connectivity index (χ0n) is 11.9. The van der Waals surface area contributed by atoms with E-state index in [1.807, 2.05) is 30.3 Å². The van der Waals surface area contributed by atoms with Gasteiger partial charge >= 0.3 is 0 Å². The van der Waals surface area contributed by atoms with Crippen molar-refractivity contribution in [3.8, 4) is 11.1 Å². The van der Waals surface area contributed by atoms with E-state index < -0.39 is 0 Å². The van der Waals surface area contributed by atoms with E-state index in [1.54, 1.807) is 24.3 Å². The molecule has 112 valence electrons. The van der Waals surface area contributed by atoms with Crippen LogP contribution in [0.1, 0.15) is 0 Å². The summed E-state index contributed by atoms with van der Waals surface area (Å²) in [6, 6.07) is 16.4. The van der Waals surface area contributed by atoms with Gasteiger partial charge in [0.25, 0.3) is 0 Å². The van der Waals surface area contributed by atoms with E-state index in [2.05, 4.69) is 4.98 Å². The first-order chi connectivity index (χ1) is 11.1. The van der Waals surface area contributed by atoms with Crippen LogP contribution in [0.25, 0.3) is 33.2 Å². The molecule has 2 N–H and O–H groups in total. The van der Waals surface area contributed by atoms with Crippen molar-refractivity contribution in [2.75, 3.05) is 5.73 Å². The molecule has 0 spiro atoms. The Labute approximate surface area is 136 Å². The van der Waals surface area contributed by atoms with Gasteiger partial charge in [-0.15, -0.1) is 0 Å². The number of hydrogen-bond donors (Lipinski definition) is 1. The molecule has 2 aromatic carbocycles. The molecule has 4 aromatic rings. The van der Waals surface area contributed by atoms with Crippen LogP contribution >= 0.6 is 11.6 Å². The lowest BCUT2D eigenvalue weighted by Gasteiger charge is -2.08. The number of nitrogens with two attached hydrogens (primary N) is 1. The predicted octanol–water partition coefficient (Wildman–Crippen LogP) is 4.24. The lowest BCUT2D eigenvalue weighted by atomic mass is 10.1. The zero-order valence-corrected chi connectivity index (χ0v) is 12.7. The summed E-state index contributed by atoms with van der Waals surface area (Å²) in [6.07, 6.45) is 0. The molecule has 2 aromatic heterocycles. The van der Waals surface area contributed by atoms with E-state index >= 15 is 0 Å². The van der Waals surface area contributed by atoms with Gasteiger partial charge in [0.2, 0.25) is 5.43 Å². The van der Waals surface area contributed by atoms with Crippen LogP contribution in [-0.4, -0.2) is 4.98 Å². The minimum absolute atomic E-state index is 0.183. The van der Waals surface area contributed by atoms with Crippen molar-refractivity contribution in [3.05, 3.63) is 69.8 Å². The molecular formula is C18H11ClN2O2. The highest BCUT2D eigenvalue weighted by molar-refractivity contribution is 6.35. The fourth-order valence-corrected chi connectivity index (χ4v) is 2.90. The van der Waals surface area contributed by atoms with Gasteiger partial charge < -0.3 is 10.2 Å². The fourth-order valence-electron chi connectivity index (χ4n) is 2.65. The molecule has 0 aliphatic carbocycles. The molecule has 4 nitrogen and oxygen atoms in total. The van der Waals surface area contributed by atoms with Crippen molar-refractivity contribution in [2.24, 2.45) is 0 Å². The van der Waals surface area contributed by atoms with E-state index in [0.717, 1.165) is 11.1 Å². The molecule has 0 amide bonds. The summed E-state index contributed by atoms with van der Waals surface area (Å²) in [6.45, 7) is 0. The largest absolute Gasteiger partial charge is 0.454 e. The molecule has 0 aliphatic heterocycles. The van der Waals surface area contributed by atoms with Crippen LogP contribution in [0.3, 0.4) is 0 Å². The summed E-state index contributed by atoms with van der Waals surface area (Å²) in [5.41, 5.74) is 8.40. The summed E-state index contributed by atoms with van der Waals surface area (Å²) in [5.74, 6) is 0.280. The van der Waals surface area contributed by atoms with Crippen molar-refractivity contribution < 1.29 is 4.42 Å². The monoisotopic (exact) mass is 322 g/mol. The minimum atomic E-state index is -0.279. The number of nitrogens with zero attached hydrogens (tertiary/aromatic N) is 1. The molecule has 0 saturated carbocycles. The molecule has 0 bridgehead atoms.